The Labute approximate surface area is 240 Å². The second kappa shape index (κ2) is 11.8. The molecule has 0 radical (unpaired) electrons. The molecule has 0 aliphatic carbocycles. The summed E-state index contributed by atoms with van der Waals surface area (Å²) in [5.41, 5.74) is 1.64. The third-order valence-electron chi connectivity index (χ3n) is 7.71. The van der Waals surface area contributed by atoms with Crippen LogP contribution in [-0.4, -0.2) is 68.8 Å². The number of carbonyl (C=O) groups is 3. The summed E-state index contributed by atoms with van der Waals surface area (Å²) < 4.78 is 5.80. The number of carbonyl (C=O) groups excluding carboxylic acids is 3. The number of phenols is 1. The van der Waals surface area contributed by atoms with Crippen LogP contribution in [0.25, 0.3) is 10.8 Å². The van der Waals surface area contributed by atoms with Crippen LogP contribution in [0, 0.1) is 5.92 Å². The SMILES string of the molecule is CC(C)C[C@H]1ON(C(=O)OCc2cccc3ccccc23)C2CN(C(C)C)C(=O)[C@H](Cc3ccc(O)cc3)N2C1=O. The number of piperazine rings is 1. The highest BCUT2D eigenvalue weighted by atomic mass is 16.7. The highest BCUT2D eigenvalue weighted by molar-refractivity contribution is 5.92. The van der Waals surface area contributed by atoms with E-state index in [4.69, 9.17) is 9.57 Å². The lowest BCUT2D eigenvalue weighted by Gasteiger charge is -2.53. The van der Waals surface area contributed by atoms with Crippen LogP contribution in [0.5, 0.6) is 5.75 Å². The first-order valence-electron chi connectivity index (χ1n) is 14.1. The van der Waals surface area contributed by atoms with Crippen LogP contribution < -0.4 is 0 Å². The Morgan fingerprint density at radius 1 is 0.976 bits per heavy atom. The van der Waals surface area contributed by atoms with E-state index >= 15 is 0 Å². The Kier molecular flexibility index (Phi) is 8.17. The molecule has 9 nitrogen and oxygen atoms in total. The smallest absolute Gasteiger partial charge is 0.436 e. The van der Waals surface area contributed by atoms with Crippen LogP contribution in [0.15, 0.2) is 66.7 Å². The van der Waals surface area contributed by atoms with E-state index in [-0.39, 0.29) is 49.1 Å². The fourth-order valence-electron chi connectivity index (χ4n) is 5.64. The Morgan fingerprint density at radius 3 is 2.39 bits per heavy atom. The maximum atomic E-state index is 13.9. The zero-order chi connectivity index (χ0) is 29.3. The van der Waals surface area contributed by atoms with Crippen LogP contribution in [-0.2, 0) is 32.2 Å². The van der Waals surface area contributed by atoms with E-state index in [0.717, 1.165) is 27.0 Å². The number of hydroxylamine groups is 2. The molecule has 41 heavy (non-hydrogen) atoms. The van der Waals surface area contributed by atoms with E-state index < -0.39 is 24.4 Å². The van der Waals surface area contributed by atoms with Crippen LogP contribution in [0.1, 0.15) is 45.2 Å². The summed E-state index contributed by atoms with van der Waals surface area (Å²) in [6.45, 7) is 7.89. The van der Waals surface area contributed by atoms with Crippen molar-refractivity contribution in [1.29, 1.82) is 0 Å². The number of phenolic OH excluding ortho intramolecular Hbond substituents is 1. The highest BCUT2D eigenvalue weighted by Crippen LogP contribution is 2.32. The van der Waals surface area contributed by atoms with Gasteiger partial charge in [-0.25, -0.2) is 4.79 Å². The van der Waals surface area contributed by atoms with Gasteiger partial charge in [-0.15, -0.1) is 0 Å². The van der Waals surface area contributed by atoms with Crippen molar-refractivity contribution in [1.82, 2.24) is 14.9 Å². The lowest BCUT2D eigenvalue weighted by atomic mass is 9.96. The molecule has 2 aliphatic heterocycles. The van der Waals surface area contributed by atoms with Crippen molar-refractivity contribution in [2.75, 3.05) is 6.54 Å². The zero-order valence-corrected chi connectivity index (χ0v) is 23.9. The summed E-state index contributed by atoms with van der Waals surface area (Å²) in [5, 5.41) is 12.9. The third-order valence-corrected chi connectivity index (χ3v) is 7.71. The van der Waals surface area contributed by atoms with Crippen molar-refractivity contribution < 1.29 is 29.1 Å². The van der Waals surface area contributed by atoms with Gasteiger partial charge in [-0.2, -0.15) is 5.06 Å². The summed E-state index contributed by atoms with van der Waals surface area (Å²) >= 11 is 0. The second-order valence-corrected chi connectivity index (χ2v) is 11.4. The maximum absolute atomic E-state index is 13.9. The number of hydrogen-bond donors (Lipinski definition) is 1. The molecule has 1 N–H and O–H groups in total. The van der Waals surface area contributed by atoms with Crippen LogP contribution in [0.4, 0.5) is 4.79 Å². The second-order valence-electron chi connectivity index (χ2n) is 11.4. The molecule has 0 spiro atoms. The average Bonchev–Trinajstić information content (AvgIpc) is 2.95. The molecule has 3 aromatic carbocycles. The fourth-order valence-corrected chi connectivity index (χ4v) is 5.64. The van der Waals surface area contributed by atoms with Gasteiger partial charge in [0.1, 0.15) is 18.4 Å². The van der Waals surface area contributed by atoms with Crippen LogP contribution in [0.3, 0.4) is 0 Å². The predicted molar refractivity (Wildman–Crippen MR) is 153 cm³/mol. The average molecular weight is 560 g/mol. The molecular weight excluding hydrogens is 522 g/mol. The lowest BCUT2D eigenvalue weighted by molar-refractivity contribution is -0.269. The molecule has 1 unspecified atom stereocenters. The molecule has 2 heterocycles. The summed E-state index contributed by atoms with van der Waals surface area (Å²) in [7, 11) is 0. The third kappa shape index (κ3) is 5.86. The van der Waals surface area contributed by atoms with Crippen LogP contribution >= 0.6 is 0 Å². The molecule has 3 amide bonds. The number of rotatable bonds is 7. The minimum absolute atomic E-state index is 0.0271. The van der Waals surface area contributed by atoms with E-state index in [0.29, 0.717) is 6.42 Å². The minimum Gasteiger partial charge on any atom is -0.508 e. The number of aromatic hydroxyl groups is 1. The van der Waals surface area contributed by atoms with Crippen LogP contribution in [0.2, 0.25) is 0 Å². The van der Waals surface area contributed by atoms with Gasteiger partial charge in [0.05, 0.1) is 6.54 Å². The van der Waals surface area contributed by atoms with Crippen molar-refractivity contribution in [3.63, 3.8) is 0 Å². The molecule has 3 atom stereocenters. The number of hydrogen-bond acceptors (Lipinski definition) is 6. The molecule has 9 heteroatoms. The number of benzene rings is 3. The Balaban J connectivity index is 1.46. The quantitative estimate of drug-likeness (QED) is 0.444. The van der Waals surface area contributed by atoms with E-state index in [1.807, 2.05) is 70.2 Å². The fraction of sp³-hybridized carbons (Fsp3) is 0.406. The van der Waals surface area contributed by atoms with Crippen molar-refractivity contribution in [3.05, 3.63) is 77.9 Å². The number of ether oxygens (including phenoxy) is 1. The molecule has 0 bridgehead atoms. The highest BCUT2D eigenvalue weighted by Gasteiger charge is 2.53. The van der Waals surface area contributed by atoms with E-state index in [1.165, 1.54) is 4.90 Å². The molecule has 216 valence electrons. The van der Waals surface area contributed by atoms with Gasteiger partial charge in [0.2, 0.25) is 5.91 Å². The minimum atomic E-state index is -0.933. The van der Waals surface area contributed by atoms with Gasteiger partial charge in [-0.05, 0) is 60.2 Å². The molecule has 2 saturated heterocycles. The normalized spacial score (nSPS) is 21.1. The largest absolute Gasteiger partial charge is 0.508 e. The summed E-state index contributed by atoms with van der Waals surface area (Å²) in [4.78, 5) is 50.6. The first-order chi connectivity index (χ1) is 19.6. The zero-order valence-electron chi connectivity index (χ0n) is 23.9. The summed E-state index contributed by atoms with van der Waals surface area (Å²) in [6, 6.07) is 19.3. The van der Waals surface area contributed by atoms with Gasteiger partial charge in [-0.1, -0.05) is 68.4 Å². The Hall–Kier alpha value is -4.11. The van der Waals surface area contributed by atoms with Crippen molar-refractivity contribution in [2.24, 2.45) is 5.92 Å². The van der Waals surface area contributed by atoms with Gasteiger partial charge < -0.3 is 19.6 Å². The van der Waals surface area contributed by atoms with Gasteiger partial charge in [-0.3, -0.25) is 14.4 Å². The van der Waals surface area contributed by atoms with Crippen molar-refractivity contribution in [3.8, 4) is 5.75 Å². The number of amides is 3. The predicted octanol–water partition coefficient (Wildman–Crippen LogP) is 4.86. The van der Waals surface area contributed by atoms with E-state index in [2.05, 4.69) is 0 Å². The van der Waals surface area contributed by atoms with E-state index in [1.54, 1.807) is 29.2 Å². The maximum Gasteiger partial charge on any atom is 0.436 e. The first-order valence-corrected chi connectivity index (χ1v) is 14.1. The monoisotopic (exact) mass is 559 g/mol. The molecule has 2 aliphatic rings. The van der Waals surface area contributed by atoms with Gasteiger partial charge in [0.25, 0.3) is 5.91 Å². The van der Waals surface area contributed by atoms with Gasteiger partial charge in [0, 0.05) is 12.5 Å². The number of fused-ring (bicyclic) bond motifs is 2. The molecule has 0 saturated carbocycles. The molecule has 5 rings (SSSR count). The summed E-state index contributed by atoms with van der Waals surface area (Å²) in [5.74, 6) is -0.281. The van der Waals surface area contributed by atoms with Crippen molar-refractivity contribution >= 4 is 28.7 Å². The van der Waals surface area contributed by atoms with Gasteiger partial charge >= 0.3 is 6.09 Å². The van der Waals surface area contributed by atoms with Gasteiger partial charge in [0.15, 0.2) is 12.3 Å². The molecule has 3 aromatic rings. The van der Waals surface area contributed by atoms with Crippen molar-refractivity contribution in [2.45, 2.75) is 71.5 Å². The molecular formula is C32H37N3O6. The summed E-state index contributed by atoms with van der Waals surface area (Å²) in [6.07, 6.45) is -1.89. The Morgan fingerprint density at radius 2 is 1.68 bits per heavy atom. The van der Waals surface area contributed by atoms with E-state index in [9.17, 15) is 19.5 Å². The standard InChI is InChI=1S/C32H37N3O6/c1-20(2)16-28-31(38)34-27(17-22-12-14-25(36)15-13-22)30(37)33(21(3)4)18-29(34)35(41-28)32(39)40-19-24-10-7-9-23-8-5-6-11-26(23)24/h5-15,20-21,27-29,36H,16-19H2,1-4H3/t27-,28+,29?/m0/s1. The first kappa shape index (κ1) is 28.4. The molecule has 0 aromatic heterocycles. The number of nitrogens with zero attached hydrogens (tertiary/aromatic N) is 3. The lowest BCUT2D eigenvalue weighted by Crippen LogP contribution is -2.74. The molecule has 2 fully saturated rings. The Bertz CT molecular complexity index is 1420. The topological polar surface area (TPSA) is 99.6 Å².